The molecule has 26 heavy (non-hydrogen) atoms. The van der Waals surface area contributed by atoms with Crippen molar-refractivity contribution in [2.45, 2.75) is 97.2 Å². The number of likely N-dealkylation sites (tertiary alicyclic amines) is 1. The summed E-state index contributed by atoms with van der Waals surface area (Å²) in [4.78, 5) is 26.0. The maximum atomic E-state index is 12.1. The quantitative estimate of drug-likeness (QED) is 0.567. The van der Waals surface area contributed by atoms with Gasteiger partial charge in [0, 0.05) is 37.4 Å². The van der Waals surface area contributed by atoms with Gasteiger partial charge in [0.25, 0.3) is 0 Å². The average Bonchev–Trinajstić information content (AvgIpc) is 2.87. The normalized spacial score (nSPS) is 21.3. The first kappa shape index (κ1) is 23.1. The molecule has 5 nitrogen and oxygen atoms in total. The molecule has 1 heterocycles. The zero-order chi connectivity index (χ0) is 19.7. The Morgan fingerprint density at radius 1 is 1.12 bits per heavy atom. The van der Waals surface area contributed by atoms with Crippen molar-refractivity contribution in [2.24, 2.45) is 5.92 Å². The standard InChI is InChI=1S/C21H40N2O3/c1-16(2)19(24)11-9-7-8-10-12-20(25)22-17-13-18(23(6)14-17)15-26-21(3,4)5/h16-18H,7-15H2,1-6H3,(H,22,25)/t17-,18+/m1/s1. The molecule has 0 aliphatic carbocycles. The second kappa shape index (κ2) is 11.0. The van der Waals surface area contributed by atoms with E-state index in [9.17, 15) is 9.59 Å². The lowest BCUT2D eigenvalue weighted by molar-refractivity contribution is -0.122. The van der Waals surface area contributed by atoms with E-state index in [2.05, 4.69) is 38.0 Å². The summed E-state index contributed by atoms with van der Waals surface area (Å²) in [6.45, 7) is 11.7. The van der Waals surface area contributed by atoms with Crippen molar-refractivity contribution >= 4 is 11.7 Å². The maximum absolute atomic E-state index is 12.1. The third-order valence-corrected chi connectivity index (χ3v) is 4.98. The van der Waals surface area contributed by atoms with Crippen LogP contribution in [-0.2, 0) is 14.3 Å². The molecule has 1 saturated heterocycles. The Balaban J connectivity index is 2.13. The lowest BCUT2D eigenvalue weighted by atomic mass is 10.0. The Bertz CT molecular complexity index is 443. The number of ketones is 1. The van der Waals surface area contributed by atoms with Crippen molar-refractivity contribution in [1.29, 1.82) is 0 Å². The molecule has 0 unspecified atom stereocenters. The molecule has 1 amide bonds. The van der Waals surface area contributed by atoms with Gasteiger partial charge in [-0.05, 0) is 47.1 Å². The second-order valence-corrected chi connectivity index (χ2v) is 9.05. The topological polar surface area (TPSA) is 58.6 Å². The summed E-state index contributed by atoms with van der Waals surface area (Å²) in [7, 11) is 2.10. The van der Waals surface area contributed by atoms with Gasteiger partial charge in [0.2, 0.25) is 5.91 Å². The highest BCUT2D eigenvalue weighted by Gasteiger charge is 2.31. The summed E-state index contributed by atoms with van der Waals surface area (Å²) in [5, 5.41) is 3.17. The number of nitrogens with one attached hydrogen (secondary N) is 1. The lowest BCUT2D eigenvalue weighted by Gasteiger charge is -2.25. The minimum atomic E-state index is -0.123. The second-order valence-electron chi connectivity index (χ2n) is 9.05. The minimum absolute atomic E-state index is 0.123. The number of carbonyl (C=O) groups excluding carboxylic acids is 2. The van der Waals surface area contributed by atoms with Gasteiger partial charge in [0.15, 0.2) is 0 Å². The Kier molecular flexibility index (Phi) is 9.80. The van der Waals surface area contributed by atoms with Crippen LogP contribution in [0.25, 0.3) is 0 Å². The Morgan fingerprint density at radius 2 is 1.73 bits per heavy atom. The molecule has 0 spiro atoms. The summed E-state index contributed by atoms with van der Waals surface area (Å²) in [6.07, 6.45) is 6.12. The summed E-state index contributed by atoms with van der Waals surface area (Å²) >= 11 is 0. The third kappa shape index (κ3) is 9.67. The molecule has 0 radical (unpaired) electrons. The SMILES string of the molecule is CC(C)C(=O)CCCCCCC(=O)N[C@@H]1C[C@@H](COC(C)(C)C)N(C)C1. The molecule has 152 valence electrons. The van der Waals surface area contributed by atoms with Gasteiger partial charge >= 0.3 is 0 Å². The number of ether oxygens (including phenoxy) is 1. The van der Waals surface area contributed by atoms with Crippen LogP contribution in [0.3, 0.4) is 0 Å². The molecule has 0 saturated carbocycles. The van der Waals surface area contributed by atoms with E-state index >= 15 is 0 Å². The molecule has 1 fully saturated rings. The van der Waals surface area contributed by atoms with Crippen molar-refractivity contribution in [2.75, 3.05) is 20.2 Å². The first-order chi connectivity index (χ1) is 12.1. The van der Waals surface area contributed by atoms with Crippen molar-refractivity contribution in [1.82, 2.24) is 10.2 Å². The van der Waals surface area contributed by atoms with Crippen molar-refractivity contribution in [3.8, 4) is 0 Å². The van der Waals surface area contributed by atoms with E-state index < -0.39 is 0 Å². The highest BCUT2D eigenvalue weighted by Crippen LogP contribution is 2.19. The van der Waals surface area contributed by atoms with E-state index in [0.717, 1.165) is 38.6 Å². The van der Waals surface area contributed by atoms with Gasteiger partial charge in [-0.3, -0.25) is 14.5 Å². The van der Waals surface area contributed by atoms with Crippen LogP contribution in [-0.4, -0.2) is 54.5 Å². The number of likely N-dealkylation sites (N-methyl/N-ethyl adjacent to an activating group) is 1. The fourth-order valence-corrected chi connectivity index (χ4v) is 3.25. The average molecular weight is 369 g/mol. The van der Waals surface area contributed by atoms with Crippen molar-refractivity contribution in [3.63, 3.8) is 0 Å². The molecule has 1 rings (SSSR count). The fourth-order valence-electron chi connectivity index (χ4n) is 3.25. The zero-order valence-electron chi connectivity index (χ0n) is 17.8. The van der Waals surface area contributed by atoms with Crippen molar-refractivity contribution < 1.29 is 14.3 Å². The summed E-state index contributed by atoms with van der Waals surface area (Å²) in [6, 6.07) is 0.600. The van der Waals surface area contributed by atoms with Crippen molar-refractivity contribution in [3.05, 3.63) is 0 Å². The number of rotatable bonds is 11. The molecular formula is C21H40N2O3. The summed E-state index contributed by atoms with van der Waals surface area (Å²) < 4.78 is 5.89. The van der Waals surface area contributed by atoms with Crippen LogP contribution < -0.4 is 5.32 Å². The molecule has 0 bridgehead atoms. The molecule has 0 aromatic rings. The summed E-state index contributed by atoms with van der Waals surface area (Å²) in [5.74, 6) is 0.639. The van der Waals surface area contributed by atoms with E-state index in [0.29, 0.717) is 31.3 Å². The van der Waals surface area contributed by atoms with Crippen LogP contribution in [0.5, 0.6) is 0 Å². The fraction of sp³-hybridized carbons (Fsp3) is 0.905. The van der Waals surface area contributed by atoms with E-state index in [1.807, 2.05) is 13.8 Å². The van der Waals surface area contributed by atoms with Crippen LogP contribution >= 0.6 is 0 Å². The maximum Gasteiger partial charge on any atom is 0.220 e. The largest absolute Gasteiger partial charge is 0.374 e. The molecule has 0 aromatic heterocycles. The van der Waals surface area contributed by atoms with Gasteiger partial charge < -0.3 is 10.1 Å². The lowest BCUT2D eigenvalue weighted by Crippen LogP contribution is -2.36. The highest BCUT2D eigenvalue weighted by atomic mass is 16.5. The molecule has 1 aliphatic heterocycles. The molecule has 1 aliphatic rings. The van der Waals surface area contributed by atoms with Gasteiger partial charge in [0.1, 0.15) is 5.78 Å². The van der Waals surface area contributed by atoms with Crippen LogP contribution in [0.1, 0.15) is 79.6 Å². The number of Topliss-reactive ketones (excluding diaryl/α,β-unsaturated/α-hetero) is 1. The minimum Gasteiger partial charge on any atom is -0.374 e. The number of amides is 1. The Morgan fingerprint density at radius 3 is 2.31 bits per heavy atom. The van der Waals surface area contributed by atoms with E-state index in [1.54, 1.807) is 0 Å². The van der Waals surface area contributed by atoms with Crippen LogP contribution in [0.4, 0.5) is 0 Å². The molecule has 2 atom stereocenters. The predicted molar refractivity (Wildman–Crippen MR) is 106 cm³/mol. The number of hydrogen-bond donors (Lipinski definition) is 1. The van der Waals surface area contributed by atoms with Crippen LogP contribution in [0.2, 0.25) is 0 Å². The zero-order valence-corrected chi connectivity index (χ0v) is 17.8. The van der Waals surface area contributed by atoms with E-state index in [4.69, 9.17) is 4.74 Å². The van der Waals surface area contributed by atoms with Gasteiger partial charge in [-0.15, -0.1) is 0 Å². The van der Waals surface area contributed by atoms with Crippen LogP contribution in [0.15, 0.2) is 0 Å². The molecule has 1 N–H and O–H groups in total. The first-order valence-corrected chi connectivity index (χ1v) is 10.2. The molecule has 0 aromatic carbocycles. The summed E-state index contributed by atoms with van der Waals surface area (Å²) in [5.41, 5.74) is -0.123. The van der Waals surface area contributed by atoms with Gasteiger partial charge in [-0.1, -0.05) is 26.7 Å². The van der Waals surface area contributed by atoms with Gasteiger partial charge in [0.05, 0.1) is 12.2 Å². The number of nitrogens with zero attached hydrogens (tertiary/aromatic N) is 1. The van der Waals surface area contributed by atoms with E-state index in [1.165, 1.54) is 0 Å². The smallest absolute Gasteiger partial charge is 0.220 e. The van der Waals surface area contributed by atoms with Gasteiger partial charge in [-0.25, -0.2) is 0 Å². The van der Waals surface area contributed by atoms with E-state index in [-0.39, 0.29) is 23.5 Å². The van der Waals surface area contributed by atoms with Gasteiger partial charge in [-0.2, -0.15) is 0 Å². The monoisotopic (exact) mass is 368 g/mol. The Hall–Kier alpha value is -0.940. The predicted octanol–water partition coefficient (Wildman–Crippen LogP) is 3.56. The molecular weight excluding hydrogens is 328 g/mol. The first-order valence-electron chi connectivity index (χ1n) is 10.2. The number of hydrogen-bond acceptors (Lipinski definition) is 4. The van der Waals surface area contributed by atoms with Crippen LogP contribution in [0, 0.1) is 5.92 Å². The molecule has 5 heteroatoms. The highest BCUT2D eigenvalue weighted by molar-refractivity contribution is 5.80. The number of carbonyl (C=O) groups is 2. The number of unbranched alkanes of at least 4 members (excludes halogenated alkanes) is 3. The third-order valence-electron chi connectivity index (χ3n) is 4.98. The Labute approximate surface area is 160 Å².